The van der Waals surface area contributed by atoms with E-state index < -0.39 is 5.82 Å². The second-order valence-corrected chi connectivity index (χ2v) is 3.82. The maximum atomic E-state index is 13.2. The highest BCUT2D eigenvalue weighted by Crippen LogP contribution is 2.26. The first-order valence-electron chi connectivity index (χ1n) is 5.00. The maximum absolute atomic E-state index is 13.2. The molecule has 1 atom stereocenters. The van der Waals surface area contributed by atoms with Gasteiger partial charge >= 0.3 is 0 Å². The summed E-state index contributed by atoms with van der Waals surface area (Å²) in [6, 6.07) is 4.02. The molecule has 1 amide bonds. The summed E-state index contributed by atoms with van der Waals surface area (Å²) < 4.78 is 18.2. The molecule has 1 aliphatic heterocycles. The predicted octanol–water partition coefficient (Wildman–Crippen LogP) is 0.898. The van der Waals surface area contributed by atoms with Crippen LogP contribution in [0.1, 0.15) is 6.42 Å². The molecule has 0 radical (unpaired) electrons. The first-order chi connectivity index (χ1) is 7.60. The fraction of sp³-hybridized carbons (Fsp3) is 0.364. The monoisotopic (exact) mass is 224 g/mol. The van der Waals surface area contributed by atoms with Crippen molar-refractivity contribution >= 4 is 11.6 Å². The molecular weight excluding hydrogens is 211 g/mol. The molecule has 0 spiro atoms. The Morgan fingerprint density at radius 3 is 2.81 bits per heavy atom. The van der Waals surface area contributed by atoms with Crippen LogP contribution in [0.5, 0.6) is 5.75 Å². The SMILES string of the molecule is COc1cc(F)cc(N2CC(N)CC2=O)c1. The molecule has 0 bridgehead atoms. The van der Waals surface area contributed by atoms with E-state index in [0.29, 0.717) is 24.4 Å². The first kappa shape index (κ1) is 10.9. The summed E-state index contributed by atoms with van der Waals surface area (Å²) in [5.41, 5.74) is 6.17. The number of benzene rings is 1. The van der Waals surface area contributed by atoms with Gasteiger partial charge in [-0.25, -0.2) is 4.39 Å². The number of carbonyl (C=O) groups is 1. The van der Waals surface area contributed by atoms with Gasteiger partial charge in [-0.2, -0.15) is 0 Å². The number of hydrogen-bond acceptors (Lipinski definition) is 3. The van der Waals surface area contributed by atoms with Crippen LogP contribution in [-0.4, -0.2) is 25.6 Å². The molecule has 0 aromatic heterocycles. The van der Waals surface area contributed by atoms with Gasteiger partial charge in [0.15, 0.2) is 0 Å². The minimum Gasteiger partial charge on any atom is -0.497 e. The van der Waals surface area contributed by atoms with Crippen molar-refractivity contribution in [3.05, 3.63) is 24.0 Å². The lowest BCUT2D eigenvalue weighted by Crippen LogP contribution is -2.28. The van der Waals surface area contributed by atoms with Crippen molar-refractivity contribution < 1.29 is 13.9 Å². The standard InChI is InChI=1S/C11H13FN2O2/c1-16-10-3-7(12)2-9(5-10)14-6-8(13)4-11(14)15/h2-3,5,8H,4,6,13H2,1H3. The first-order valence-corrected chi connectivity index (χ1v) is 5.00. The van der Waals surface area contributed by atoms with Gasteiger partial charge in [0.1, 0.15) is 11.6 Å². The lowest BCUT2D eigenvalue weighted by Gasteiger charge is -2.17. The third kappa shape index (κ3) is 1.99. The normalized spacial score (nSPS) is 20.3. The van der Waals surface area contributed by atoms with Gasteiger partial charge in [0, 0.05) is 31.1 Å². The summed E-state index contributed by atoms with van der Waals surface area (Å²) in [5, 5.41) is 0. The van der Waals surface area contributed by atoms with E-state index in [1.54, 1.807) is 6.07 Å². The quantitative estimate of drug-likeness (QED) is 0.812. The molecule has 1 heterocycles. The highest BCUT2D eigenvalue weighted by atomic mass is 19.1. The highest BCUT2D eigenvalue weighted by Gasteiger charge is 2.28. The summed E-state index contributed by atoms with van der Waals surface area (Å²) in [4.78, 5) is 13.1. The minimum atomic E-state index is -0.428. The third-order valence-corrected chi connectivity index (χ3v) is 2.56. The zero-order chi connectivity index (χ0) is 11.7. The van der Waals surface area contributed by atoms with Gasteiger partial charge < -0.3 is 15.4 Å². The number of carbonyl (C=O) groups excluding carboxylic acids is 1. The molecule has 1 fully saturated rings. The number of halogens is 1. The number of methoxy groups -OCH3 is 1. The predicted molar refractivity (Wildman–Crippen MR) is 57.9 cm³/mol. The van der Waals surface area contributed by atoms with Crippen LogP contribution >= 0.6 is 0 Å². The van der Waals surface area contributed by atoms with Crippen molar-refractivity contribution in [1.82, 2.24) is 0 Å². The number of rotatable bonds is 2. The van der Waals surface area contributed by atoms with E-state index in [0.717, 1.165) is 0 Å². The fourth-order valence-corrected chi connectivity index (χ4v) is 1.81. The Bertz CT molecular complexity index is 422. The Morgan fingerprint density at radius 1 is 1.50 bits per heavy atom. The second-order valence-electron chi connectivity index (χ2n) is 3.82. The summed E-state index contributed by atoms with van der Waals surface area (Å²) in [5.74, 6) is -0.119. The number of amides is 1. The molecule has 2 rings (SSSR count). The van der Waals surface area contributed by atoms with Crippen molar-refractivity contribution in [2.24, 2.45) is 5.73 Å². The molecule has 5 heteroatoms. The van der Waals surface area contributed by atoms with Crippen LogP contribution in [0.25, 0.3) is 0 Å². The molecule has 0 saturated carbocycles. The Hall–Kier alpha value is -1.62. The van der Waals surface area contributed by atoms with Crippen molar-refractivity contribution in [3.8, 4) is 5.75 Å². The molecule has 1 aromatic rings. The van der Waals surface area contributed by atoms with E-state index in [1.165, 1.54) is 24.1 Å². The smallest absolute Gasteiger partial charge is 0.228 e. The Morgan fingerprint density at radius 2 is 2.25 bits per heavy atom. The molecule has 1 aromatic carbocycles. The number of nitrogens with two attached hydrogens (primary N) is 1. The maximum Gasteiger partial charge on any atom is 0.228 e. The summed E-state index contributed by atoms with van der Waals surface area (Å²) in [6.45, 7) is 0.422. The molecule has 1 saturated heterocycles. The summed E-state index contributed by atoms with van der Waals surface area (Å²) in [7, 11) is 1.45. The lowest BCUT2D eigenvalue weighted by atomic mass is 10.2. The van der Waals surface area contributed by atoms with Gasteiger partial charge in [0.05, 0.1) is 12.8 Å². The molecular formula is C11H13FN2O2. The molecule has 1 unspecified atom stereocenters. The van der Waals surface area contributed by atoms with Crippen molar-refractivity contribution in [1.29, 1.82) is 0 Å². The Labute approximate surface area is 92.8 Å². The summed E-state index contributed by atoms with van der Waals surface area (Å²) in [6.07, 6.45) is 0.304. The van der Waals surface area contributed by atoms with Crippen LogP contribution in [0.15, 0.2) is 18.2 Å². The zero-order valence-electron chi connectivity index (χ0n) is 8.94. The van der Waals surface area contributed by atoms with Gasteiger partial charge in [0.25, 0.3) is 0 Å². The number of hydrogen-bond donors (Lipinski definition) is 1. The topological polar surface area (TPSA) is 55.6 Å². The molecule has 4 nitrogen and oxygen atoms in total. The Balaban J connectivity index is 2.33. The lowest BCUT2D eigenvalue weighted by molar-refractivity contribution is -0.117. The average Bonchev–Trinajstić information content (AvgIpc) is 2.57. The average molecular weight is 224 g/mol. The summed E-state index contributed by atoms with van der Waals surface area (Å²) >= 11 is 0. The van der Waals surface area contributed by atoms with Gasteiger partial charge in [-0.05, 0) is 6.07 Å². The second kappa shape index (κ2) is 4.09. The van der Waals surface area contributed by atoms with E-state index in [4.69, 9.17) is 10.5 Å². The van der Waals surface area contributed by atoms with E-state index in [2.05, 4.69) is 0 Å². The third-order valence-electron chi connectivity index (χ3n) is 2.56. The van der Waals surface area contributed by atoms with Crippen molar-refractivity contribution in [3.63, 3.8) is 0 Å². The molecule has 2 N–H and O–H groups in total. The number of nitrogens with zero attached hydrogens (tertiary/aromatic N) is 1. The van der Waals surface area contributed by atoms with Gasteiger partial charge in [-0.1, -0.05) is 0 Å². The van der Waals surface area contributed by atoms with E-state index in [9.17, 15) is 9.18 Å². The van der Waals surface area contributed by atoms with E-state index in [1.807, 2.05) is 0 Å². The van der Waals surface area contributed by atoms with Gasteiger partial charge in [-0.3, -0.25) is 4.79 Å². The largest absolute Gasteiger partial charge is 0.497 e. The Kier molecular flexibility index (Phi) is 2.78. The fourth-order valence-electron chi connectivity index (χ4n) is 1.81. The molecule has 16 heavy (non-hydrogen) atoms. The van der Waals surface area contributed by atoms with Crippen LogP contribution < -0.4 is 15.4 Å². The molecule has 1 aliphatic rings. The van der Waals surface area contributed by atoms with E-state index in [-0.39, 0.29) is 11.9 Å². The minimum absolute atomic E-state index is 0.0832. The van der Waals surface area contributed by atoms with Crippen LogP contribution in [0.2, 0.25) is 0 Å². The van der Waals surface area contributed by atoms with Crippen molar-refractivity contribution in [2.45, 2.75) is 12.5 Å². The van der Waals surface area contributed by atoms with Gasteiger partial charge in [-0.15, -0.1) is 0 Å². The zero-order valence-corrected chi connectivity index (χ0v) is 8.94. The number of ether oxygens (including phenoxy) is 1. The molecule has 86 valence electrons. The number of anilines is 1. The van der Waals surface area contributed by atoms with Crippen LogP contribution in [-0.2, 0) is 4.79 Å². The van der Waals surface area contributed by atoms with Crippen LogP contribution in [0, 0.1) is 5.82 Å². The van der Waals surface area contributed by atoms with Crippen molar-refractivity contribution in [2.75, 3.05) is 18.6 Å². The van der Waals surface area contributed by atoms with Crippen LogP contribution in [0.4, 0.5) is 10.1 Å². The molecule has 0 aliphatic carbocycles. The highest BCUT2D eigenvalue weighted by molar-refractivity contribution is 5.96. The van der Waals surface area contributed by atoms with Gasteiger partial charge in [0.2, 0.25) is 5.91 Å². The van der Waals surface area contributed by atoms with E-state index >= 15 is 0 Å². The van der Waals surface area contributed by atoms with Crippen LogP contribution in [0.3, 0.4) is 0 Å².